The van der Waals surface area contributed by atoms with Crippen molar-refractivity contribution in [3.8, 4) is 23.0 Å². The van der Waals surface area contributed by atoms with E-state index in [1.54, 1.807) is 49.4 Å². The average molecular weight is 970 g/mol. The lowest BCUT2D eigenvalue weighted by molar-refractivity contribution is -0.432. The maximum atomic E-state index is 12.2. The molecule has 0 fully saturated rings. The van der Waals surface area contributed by atoms with Gasteiger partial charge < -0.3 is 30.5 Å². The van der Waals surface area contributed by atoms with E-state index in [0.29, 0.717) is 62.6 Å². The van der Waals surface area contributed by atoms with Crippen LogP contribution in [0, 0.1) is 6.92 Å². The molecule has 65 heavy (non-hydrogen) atoms. The van der Waals surface area contributed by atoms with Crippen molar-refractivity contribution in [2.24, 2.45) is 20.5 Å². The number of phenolic OH excluding ortho intramolecular Hbond substituents is 3. The van der Waals surface area contributed by atoms with Crippen LogP contribution >= 0.6 is 24.1 Å². The Balaban J connectivity index is 1.23. The van der Waals surface area contributed by atoms with E-state index in [0.717, 1.165) is 18.2 Å². The molecule has 0 saturated carbocycles. The molecule has 0 aromatic heterocycles. The summed E-state index contributed by atoms with van der Waals surface area (Å²) in [6.45, 7) is 0.993. The van der Waals surface area contributed by atoms with Gasteiger partial charge in [0.15, 0.2) is 5.75 Å². The molecule has 7 aromatic carbocycles. The van der Waals surface area contributed by atoms with Crippen molar-refractivity contribution in [2.45, 2.75) is 26.5 Å². The summed E-state index contributed by atoms with van der Waals surface area (Å²) in [4.78, 5) is -0.787. The van der Waals surface area contributed by atoms with E-state index < -0.39 is 42.4 Å². The molecule has 0 atom stereocenters. The number of fused-ring (bicyclic) bond motifs is 3. The zero-order chi connectivity index (χ0) is 46.6. The first-order valence-electron chi connectivity index (χ1n) is 18.1. The standard InChI is InChI=1S/C39H31N5O17S4/c1-19-8-31(35(57-7-6-45)18-30(19)41-43-32-16-26(64(51,52)53)13-22-11-25(62-60-58-49)15-34(47)37(22)32)42-44-38-36(63-61-59-50)14-21-10-24(3-5-29(21)39(38)48)40-23-2-4-28-20(9-23)12-27(17-33(28)46)65(54,55)56/h2-5,8-18,40,45-50H,6-7H2,1H3,(H,51,52,53)(H,54,55,56)/b43-41+,44-42+. The number of anilines is 2. The Hall–Kier alpha value is -6.24. The molecule has 0 amide bonds. The molecule has 0 radical (unpaired) electrons. The third-order valence-corrected chi connectivity index (χ3v) is 12.1. The molecule has 0 aliphatic heterocycles. The zero-order valence-electron chi connectivity index (χ0n) is 32.7. The van der Waals surface area contributed by atoms with Crippen LogP contribution in [0.2, 0.25) is 0 Å². The maximum Gasteiger partial charge on any atom is 0.294 e. The van der Waals surface area contributed by atoms with Gasteiger partial charge in [-0.2, -0.15) is 21.9 Å². The van der Waals surface area contributed by atoms with Gasteiger partial charge in [-0.25, -0.2) is 10.5 Å². The summed E-state index contributed by atoms with van der Waals surface area (Å²) in [6.07, 6.45) is 0. The lowest BCUT2D eigenvalue weighted by atomic mass is 10.1. The second kappa shape index (κ2) is 19.5. The first-order valence-corrected chi connectivity index (χ1v) is 22.4. The Morgan fingerprint density at radius 2 is 1.25 bits per heavy atom. The molecule has 7 aromatic rings. The van der Waals surface area contributed by atoms with E-state index in [1.165, 1.54) is 30.3 Å². The van der Waals surface area contributed by atoms with Gasteiger partial charge in [0.1, 0.15) is 35.2 Å². The number of ether oxygens (including phenoxy) is 1. The molecule has 0 heterocycles. The summed E-state index contributed by atoms with van der Waals surface area (Å²) >= 11 is 0.969. The fourth-order valence-electron chi connectivity index (χ4n) is 6.44. The van der Waals surface area contributed by atoms with Crippen molar-refractivity contribution in [3.05, 3.63) is 96.6 Å². The van der Waals surface area contributed by atoms with Crippen molar-refractivity contribution in [1.29, 1.82) is 0 Å². The minimum absolute atomic E-state index is 0.0211. The SMILES string of the molecule is Cc1cc(/N=N/c2c(SOOO)cc3cc(Nc4ccc5c(O)cc(S(=O)(=O)O)cc5c4)ccc3c2O)c(OCCO)cc1/N=N/c1cc(S(=O)(=O)O)cc2cc(SOOO)cc(O)c12. The topological polar surface area (TPSA) is 338 Å². The van der Waals surface area contributed by atoms with Crippen molar-refractivity contribution in [1.82, 2.24) is 0 Å². The lowest BCUT2D eigenvalue weighted by Gasteiger charge is -2.13. The van der Waals surface area contributed by atoms with E-state index in [2.05, 4.69) is 44.5 Å². The van der Waals surface area contributed by atoms with Gasteiger partial charge in [-0.15, -0.1) is 24.0 Å². The Labute approximate surface area is 374 Å². The predicted molar refractivity (Wildman–Crippen MR) is 233 cm³/mol. The van der Waals surface area contributed by atoms with Crippen molar-refractivity contribution >= 4 is 111 Å². The number of benzene rings is 7. The summed E-state index contributed by atoms with van der Waals surface area (Å²) in [5.74, 6) is -1.09. The molecule has 0 aliphatic carbocycles. The maximum absolute atomic E-state index is 12.2. The monoisotopic (exact) mass is 969 g/mol. The number of azo groups is 2. The molecular formula is C39H31N5O17S4. The fourth-order valence-corrected chi connectivity index (χ4v) is 8.45. The van der Waals surface area contributed by atoms with E-state index in [1.807, 2.05) is 0 Å². The van der Waals surface area contributed by atoms with Gasteiger partial charge in [0.2, 0.25) is 0 Å². The van der Waals surface area contributed by atoms with Crippen molar-refractivity contribution in [3.63, 3.8) is 0 Å². The Bertz CT molecular complexity index is 3280. The molecule has 7 rings (SSSR count). The van der Waals surface area contributed by atoms with E-state index >= 15 is 0 Å². The Morgan fingerprint density at radius 3 is 1.92 bits per heavy atom. The van der Waals surface area contributed by atoms with Crippen LogP contribution < -0.4 is 10.1 Å². The molecule has 0 unspecified atom stereocenters. The number of aliphatic hydroxyl groups excluding tert-OH is 1. The highest BCUT2D eigenvalue weighted by Crippen LogP contribution is 2.46. The van der Waals surface area contributed by atoms with E-state index in [9.17, 15) is 46.4 Å². The van der Waals surface area contributed by atoms with E-state index in [4.69, 9.17) is 15.3 Å². The van der Waals surface area contributed by atoms with Crippen LogP contribution in [-0.4, -0.2) is 70.1 Å². The summed E-state index contributed by atoms with van der Waals surface area (Å²) in [5.41, 5.74) is 1.30. The molecule has 0 spiro atoms. The van der Waals surface area contributed by atoms with Crippen LogP contribution in [0.4, 0.5) is 34.1 Å². The summed E-state index contributed by atoms with van der Waals surface area (Å²) in [5, 5.41) is 88.8. The van der Waals surface area contributed by atoms with Crippen LogP contribution in [0.25, 0.3) is 32.3 Å². The summed E-state index contributed by atoms with van der Waals surface area (Å²) < 4.78 is 81.9. The third kappa shape index (κ3) is 10.7. The van der Waals surface area contributed by atoms with Gasteiger partial charge in [0.25, 0.3) is 20.2 Å². The largest absolute Gasteiger partial charge is 0.507 e. The number of aliphatic hydroxyl groups is 1. The minimum Gasteiger partial charge on any atom is -0.507 e. The number of aryl methyl sites for hydroxylation is 1. The third-order valence-electron chi connectivity index (χ3n) is 9.26. The highest BCUT2D eigenvalue weighted by Gasteiger charge is 2.20. The van der Waals surface area contributed by atoms with Gasteiger partial charge in [-0.3, -0.25) is 9.11 Å². The van der Waals surface area contributed by atoms with Gasteiger partial charge in [-0.05, 0) is 108 Å². The van der Waals surface area contributed by atoms with Crippen LogP contribution in [-0.2, 0) is 39.0 Å². The summed E-state index contributed by atoms with van der Waals surface area (Å²) in [7, 11) is -9.38. The first-order chi connectivity index (χ1) is 31.0. The number of hydrogen-bond donors (Lipinski definition) is 9. The number of aromatic hydroxyl groups is 3. The van der Waals surface area contributed by atoms with Crippen LogP contribution in [0.1, 0.15) is 5.56 Å². The number of nitrogens with one attached hydrogen (secondary N) is 1. The molecule has 0 bridgehead atoms. The second-order valence-corrected chi connectivity index (χ2v) is 17.8. The van der Waals surface area contributed by atoms with Crippen molar-refractivity contribution < 1.29 is 80.4 Å². The molecular weight excluding hydrogens is 939 g/mol. The molecule has 0 aliphatic rings. The predicted octanol–water partition coefficient (Wildman–Crippen LogP) is 9.87. The normalized spacial score (nSPS) is 12.3. The molecule has 22 nitrogen and oxygen atoms in total. The van der Waals surface area contributed by atoms with Gasteiger partial charge >= 0.3 is 0 Å². The quantitative estimate of drug-likeness (QED) is 0.0135. The molecule has 338 valence electrons. The van der Waals surface area contributed by atoms with Crippen LogP contribution in [0.5, 0.6) is 23.0 Å². The van der Waals surface area contributed by atoms with Gasteiger partial charge in [-0.1, -0.05) is 10.1 Å². The van der Waals surface area contributed by atoms with Gasteiger partial charge in [0, 0.05) is 39.2 Å². The minimum atomic E-state index is -4.78. The van der Waals surface area contributed by atoms with Crippen molar-refractivity contribution in [2.75, 3.05) is 18.5 Å². The highest BCUT2D eigenvalue weighted by molar-refractivity contribution is 7.95. The average Bonchev–Trinajstić information content (AvgIpc) is 3.25. The Kier molecular flexibility index (Phi) is 14.0. The lowest BCUT2D eigenvalue weighted by Crippen LogP contribution is -2.01. The van der Waals surface area contributed by atoms with Crippen LogP contribution in [0.15, 0.2) is 131 Å². The fraction of sp³-hybridized carbons (Fsp3) is 0.0769. The smallest absolute Gasteiger partial charge is 0.294 e. The van der Waals surface area contributed by atoms with Crippen LogP contribution in [0.3, 0.4) is 0 Å². The first kappa shape index (κ1) is 46.7. The van der Waals surface area contributed by atoms with E-state index in [-0.39, 0.29) is 67.2 Å². The number of phenols is 3. The Morgan fingerprint density at radius 1 is 0.631 bits per heavy atom. The number of rotatable bonds is 17. The van der Waals surface area contributed by atoms with Gasteiger partial charge in [0.05, 0.1) is 62.1 Å². The second-order valence-electron chi connectivity index (χ2n) is 13.5. The molecule has 9 N–H and O–H groups in total. The number of hydrogen-bond acceptors (Lipinski definition) is 22. The highest BCUT2D eigenvalue weighted by atomic mass is 32.2. The zero-order valence-corrected chi connectivity index (χ0v) is 36.0. The molecule has 0 saturated heterocycles. The number of nitrogens with zero attached hydrogens (tertiary/aromatic N) is 4. The molecule has 26 heteroatoms. The summed E-state index contributed by atoms with van der Waals surface area (Å²) in [6, 6.07) is 20.8.